The molecule has 0 aliphatic carbocycles. The smallest absolute Gasteiger partial charge is 0.116 e. The van der Waals surface area contributed by atoms with Crippen LogP contribution in [0.3, 0.4) is 0 Å². The summed E-state index contributed by atoms with van der Waals surface area (Å²) < 4.78 is 2.33. The summed E-state index contributed by atoms with van der Waals surface area (Å²) >= 11 is 0. The number of rotatable bonds is 4. The van der Waals surface area contributed by atoms with E-state index in [4.69, 9.17) is 0 Å². The van der Waals surface area contributed by atoms with E-state index in [1.165, 1.54) is 23.2 Å². The van der Waals surface area contributed by atoms with Gasteiger partial charge < -0.3 is 9.47 Å². The molecule has 3 heterocycles. The van der Waals surface area contributed by atoms with Crippen molar-refractivity contribution in [3.63, 3.8) is 0 Å². The molecule has 3 rings (SSSR count). The molecule has 0 aromatic carbocycles. The predicted molar refractivity (Wildman–Crippen MR) is 78.7 cm³/mol. The molecule has 19 heavy (non-hydrogen) atoms. The molecule has 4 nitrogen and oxygen atoms in total. The van der Waals surface area contributed by atoms with Gasteiger partial charge in [0.25, 0.3) is 0 Å². The summed E-state index contributed by atoms with van der Waals surface area (Å²) in [4.78, 5) is 2.41. The Kier molecular flexibility index (Phi) is 3.17. The van der Waals surface area contributed by atoms with Crippen LogP contribution in [0.1, 0.15) is 45.1 Å². The van der Waals surface area contributed by atoms with Crippen LogP contribution < -0.4 is 4.90 Å². The molecule has 1 atom stereocenters. The zero-order chi connectivity index (χ0) is 13.4. The molecule has 1 unspecified atom stereocenters. The van der Waals surface area contributed by atoms with E-state index in [0.29, 0.717) is 5.92 Å². The normalized spacial score (nSPS) is 16.7. The van der Waals surface area contributed by atoms with Crippen molar-refractivity contribution in [3.8, 4) is 0 Å². The van der Waals surface area contributed by atoms with Crippen LogP contribution >= 0.6 is 0 Å². The Balaban J connectivity index is 2.21. The molecule has 1 fully saturated rings. The largest absolute Gasteiger partial charge is 0.368 e. The molecular formula is C15H22N4. The molecule has 2 aromatic rings. The van der Waals surface area contributed by atoms with E-state index >= 15 is 0 Å². The summed E-state index contributed by atoms with van der Waals surface area (Å²) in [6.07, 6.45) is 6.62. The van der Waals surface area contributed by atoms with Gasteiger partial charge in [-0.3, -0.25) is 0 Å². The minimum atomic E-state index is 0.538. The van der Waals surface area contributed by atoms with Crippen LogP contribution in [-0.4, -0.2) is 27.9 Å². The maximum Gasteiger partial charge on any atom is 0.116 e. The third kappa shape index (κ3) is 1.90. The van der Waals surface area contributed by atoms with Crippen molar-refractivity contribution in [2.24, 2.45) is 0 Å². The third-order valence-electron chi connectivity index (χ3n) is 4.34. The fraction of sp³-hybridized carbons (Fsp3) is 0.600. The van der Waals surface area contributed by atoms with E-state index in [2.05, 4.69) is 46.6 Å². The zero-order valence-electron chi connectivity index (χ0n) is 12.1. The Labute approximate surface area is 114 Å². The van der Waals surface area contributed by atoms with Crippen LogP contribution in [0.15, 0.2) is 12.4 Å². The van der Waals surface area contributed by atoms with Gasteiger partial charge in [0.1, 0.15) is 5.52 Å². The van der Waals surface area contributed by atoms with Crippen molar-refractivity contribution >= 4 is 16.7 Å². The summed E-state index contributed by atoms with van der Waals surface area (Å²) in [7, 11) is 0. The summed E-state index contributed by atoms with van der Waals surface area (Å²) in [5, 5.41) is 8.66. The highest BCUT2D eigenvalue weighted by atomic mass is 15.2. The van der Waals surface area contributed by atoms with Crippen molar-refractivity contribution in [1.82, 2.24) is 14.8 Å². The van der Waals surface area contributed by atoms with Gasteiger partial charge in [-0.2, -0.15) is 5.10 Å². The summed E-state index contributed by atoms with van der Waals surface area (Å²) in [5.41, 5.74) is 4.97. The fourth-order valence-corrected chi connectivity index (χ4v) is 2.76. The van der Waals surface area contributed by atoms with E-state index in [1.807, 2.05) is 6.20 Å². The van der Waals surface area contributed by atoms with E-state index in [1.54, 1.807) is 0 Å². The minimum absolute atomic E-state index is 0.538. The second-order valence-electron chi connectivity index (χ2n) is 5.45. The number of hydrogen-bond acceptors (Lipinski definition) is 3. The first kappa shape index (κ1) is 12.5. The first-order valence-electron chi connectivity index (χ1n) is 7.35. The minimum Gasteiger partial charge on any atom is -0.368 e. The van der Waals surface area contributed by atoms with Crippen LogP contribution in [-0.2, 0) is 6.54 Å². The molecule has 0 N–H and O–H groups in total. The molecule has 4 heteroatoms. The Hall–Kier alpha value is -1.58. The van der Waals surface area contributed by atoms with Gasteiger partial charge in [0, 0.05) is 31.4 Å². The molecule has 0 amide bonds. The van der Waals surface area contributed by atoms with Gasteiger partial charge >= 0.3 is 0 Å². The highest BCUT2D eigenvalue weighted by Gasteiger charge is 2.22. The molecular weight excluding hydrogens is 236 g/mol. The Bertz CT molecular complexity index is 583. The second kappa shape index (κ2) is 4.83. The molecule has 0 saturated carbocycles. The maximum absolute atomic E-state index is 4.42. The zero-order valence-corrected chi connectivity index (χ0v) is 12.1. The van der Waals surface area contributed by atoms with E-state index in [-0.39, 0.29) is 0 Å². The SMILES string of the molecule is CCC(C)c1cn(CC)c2c(N3CCC3)cnnc12. The lowest BCUT2D eigenvalue weighted by Gasteiger charge is -2.33. The molecule has 1 aliphatic heterocycles. The van der Waals surface area contributed by atoms with Crippen LogP contribution in [0.4, 0.5) is 5.69 Å². The van der Waals surface area contributed by atoms with Crippen molar-refractivity contribution in [3.05, 3.63) is 18.0 Å². The molecule has 0 radical (unpaired) electrons. The van der Waals surface area contributed by atoms with Crippen LogP contribution in [0.2, 0.25) is 0 Å². The third-order valence-corrected chi connectivity index (χ3v) is 4.34. The molecule has 102 valence electrons. The molecule has 0 bridgehead atoms. The first-order chi connectivity index (χ1) is 9.26. The first-order valence-corrected chi connectivity index (χ1v) is 7.35. The number of anilines is 1. The number of aromatic nitrogens is 3. The summed E-state index contributed by atoms with van der Waals surface area (Å²) in [6.45, 7) is 9.97. The number of aryl methyl sites for hydroxylation is 1. The number of hydrogen-bond donors (Lipinski definition) is 0. The van der Waals surface area contributed by atoms with Gasteiger partial charge in [-0.1, -0.05) is 13.8 Å². The van der Waals surface area contributed by atoms with E-state index in [0.717, 1.165) is 31.6 Å². The Morgan fingerprint density at radius 3 is 2.68 bits per heavy atom. The van der Waals surface area contributed by atoms with Gasteiger partial charge in [0.05, 0.1) is 17.4 Å². The lowest BCUT2D eigenvalue weighted by Crippen LogP contribution is -2.37. The summed E-state index contributed by atoms with van der Waals surface area (Å²) in [6, 6.07) is 0. The van der Waals surface area contributed by atoms with E-state index in [9.17, 15) is 0 Å². The van der Waals surface area contributed by atoms with Gasteiger partial charge in [0.2, 0.25) is 0 Å². The van der Waals surface area contributed by atoms with Gasteiger partial charge in [-0.05, 0) is 25.7 Å². The highest BCUT2D eigenvalue weighted by Crippen LogP contribution is 2.34. The van der Waals surface area contributed by atoms with Gasteiger partial charge in [-0.25, -0.2) is 0 Å². The van der Waals surface area contributed by atoms with Crippen LogP contribution in [0, 0.1) is 0 Å². The standard InChI is InChI=1S/C15H22N4/c1-4-11(3)12-10-18(5-2)15-13(19-7-6-8-19)9-16-17-14(12)15/h9-11H,4-8H2,1-3H3. The van der Waals surface area contributed by atoms with Crippen molar-refractivity contribution in [1.29, 1.82) is 0 Å². The lowest BCUT2D eigenvalue weighted by molar-refractivity contribution is 0.616. The average molecular weight is 258 g/mol. The van der Waals surface area contributed by atoms with Crippen LogP contribution in [0.25, 0.3) is 11.0 Å². The van der Waals surface area contributed by atoms with Crippen molar-refractivity contribution < 1.29 is 0 Å². The predicted octanol–water partition coefficient (Wildman–Crippen LogP) is 3.17. The molecule has 0 spiro atoms. The topological polar surface area (TPSA) is 34.0 Å². The second-order valence-corrected chi connectivity index (χ2v) is 5.45. The van der Waals surface area contributed by atoms with E-state index < -0.39 is 0 Å². The number of nitrogens with zero attached hydrogens (tertiary/aromatic N) is 4. The highest BCUT2D eigenvalue weighted by molar-refractivity contribution is 5.91. The lowest BCUT2D eigenvalue weighted by atomic mass is 10.0. The quantitative estimate of drug-likeness (QED) is 0.844. The molecule has 1 saturated heterocycles. The van der Waals surface area contributed by atoms with Crippen molar-refractivity contribution in [2.75, 3.05) is 18.0 Å². The monoisotopic (exact) mass is 258 g/mol. The summed E-state index contributed by atoms with van der Waals surface area (Å²) in [5.74, 6) is 0.538. The van der Waals surface area contributed by atoms with Crippen LogP contribution in [0.5, 0.6) is 0 Å². The average Bonchev–Trinajstić information content (AvgIpc) is 2.75. The Morgan fingerprint density at radius 1 is 1.32 bits per heavy atom. The maximum atomic E-state index is 4.42. The fourth-order valence-electron chi connectivity index (χ4n) is 2.76. The molecule has 1 aliphatic rings. The Morgan fingerprint density at radius 2 is 2.11 bits per heavy atom. The van der Waals surface area contributed by atoms with Gasteiger partial charge in [0.15, 0.2) is 0 Å². The number of fused-ring (bicyclic) bond motifs is 1. The van der Waals surface area contributed by atoms with Gasteiger partial charge in [-0.15, -0.1) is 5.10 Å². The van der Waals surface area contributed by atoms with Crippen molar-refractivity contribution in [2.45, 2.75) is 46.1 Å². The molecule has 2 aromatic heterocycles.